The summed E-state index contributed by atoms with van der Waals surface area (Å²) in [6, 6.07) is 17.2. The highest BCUT2D eigenvalue weighted by atomic mass is 16.6. The molecule has 1 aliphatic rings. The van der Waals surface area contributed by atoms with Crippen LogP contribution in [0.1, 0.15) is 50.8 Å². The van der Waals surface area contributed by atoms with E-state index in [9.17, 15) is 19.2 Å². The normalized spacial score (nSPS) is 16.2. The molecule has 1 unspecified atom stereocenters. The van der Waals surface area contributed by atoms with Crippen molar-refractivity contribution in [3.8, 4) is 0 Å². The minimum Gasteiger partial charge on any atom is -0.467 e. The van der Waals surface area contributed by atoms with Crippen molar-refractivity contribution in [1.29, 1.82) is 0 Å². The van der Waals surface area contributed by atoms with Gasteiger partial charge in [-0.1, -0.05) is 60.7 Å². The fraction of sp³-hybridized carbons (Fsp3) is 0.448. The molecule has 0 aliphatic carbocycles. The lowest BCUT2D eigenvalue weighted by atomic mass is 10.0. The van der Waals surface area contributed by atoms with E-state index >= 15 is 0 Å². The molecule has 1 aliphatic heterocycles. The van der Waals surface area contributed by atoms with E-state index in [0.29, 0.717) is 13.1 Å². The lowest BCUT2D eigenvalue weighted by molar-refractivity contribution is -0.143. The van der Waals surface area contributed by atoms with Gasteiger partial charge in [0.25, 0.3) is 0 Å². The predicted molar refractivity (Wildman–Crippen MR) is 144 cm³/mol. The van der Waals surface area contributed by atoms with Gasteiger partial charge in [-0.15, -0.1) is 0 Å². The maximum absolute atomic E-state index is 13.2. The first-order valence-corrected chi connectivity index (χ1v) is 12.9. The first-order valence-electron chi connectivity index (χ1n) is 12.9. The second-order valence-corrected chi connectivity index (χ2v) is 10.3. The number of carbonyl (C=O) groups is 4. The topological polar surface area (TPSA) is 114 Å². The molecular weight excluding hydrogens is 502 g/mol. The van der Waals surface area contributed by atoms with Gasteiger partial charge in [0.15, 0.2) is 0 Å². The summed E-state index contributed by atoms with van der Waals surface area (Å²) in [6.45, 7) is 6.36. The van der Waals surface area contributed by atoms with Gasteiger partial charge < -0.3 is 24.4 Å². The first kappa shape index (κ1) is 29.5. The molecule has 0 spiro atoms. The monoisotopic (exact) mass is 539 g/mol. The van der Waals surface area contributed by atoms with Crippen molar-refractivity contribution in [1.82, 2.24) is 15.1 Å². The van der Waals surface area contributed by atoms with E-state index < -0.39 is 29.8 Å². The van der Waals surface area contributed by atoms with Crippen LogP contribution in [0, 0.1) is 0 Å². The average molecular weight is 540 g/mol. The Morgan fingerprint density at radius 2 is 1.62 bits per heavy atom. The minimum absolute atomic E-state index is 0.00726. The maximum Gasteiger partial charge on any atom is 0.410 e. The molecule has 3 rings (SSSR count). The lowest BCUT2D eigenvalue weighted by Gasteiger charge is -2.42. The number of hydrogen-bond acceptors (Lipinski definition) is 7. The Labute approximate surface area is 229 Å². The van der Waals surface area contributed by atoms with Crippen LogP contribution in [0.5, 0.6) is 0 Å². The summed E-state index contributed by atoms with van der Waals surface area (Å²) in [5.41, 5.74) is 1.04. The summed E-state index contributed by atoms with van der Waals surface area (Å²) in [6.07, 6.45) is -1.19. The molecule has 0 aromatic heterocycles. The number of benzene rings is 2. The van der Waals surface area contributed by atoms with Crippen molar-refractivity contribution in [3.05, 3.63) is 71.8 Å². The summed E-state index contributed by atoms with van der Waals surface area (Å²) in [5.74, 6) is -0.871. The van der Waals surface area contributed by atoms with Crippen molar-refractivity contribution >= 4 is 24.1 Å². The molecule has 1 fully saturated rings. The Bertz CT molecular complexity index is 1120. The first-order chi connectivity index (χ1) is 18.6. The van der Waals surface area contributed by atoms with Crippen molar-refractivity contribution < 1.29 is 33.4 Å². The fourth-order valence-electron chi connectivity index (χ4n) is 4.23. The minimum atomic E-state index is -1.05. The highest BCUT2D eigenvalue weighted by Crippen LogP contribution is 2.28. The van der Waals surface area contributed by atoms with Crippen LogP contribution < -0.4 is 5.32 Å². The van der Waals surface area contributed by atoms with Gasteiger partial charge in [-0.25, -0.2) is 14.4 Å². The Morgan fingerprint density at radius 1 is 0.974 bits per heavy atom. The number of nitrogens with one attached hydrogen (secondary N) is 1. The fourth-order valence-corrected chi connectivity index (χ4v) is 4.23. The lowest BCUT2D eigenvalue weighted by Crippen LogP contribution is -2.53. The largest absolute Gasteiger partial charge is 0.467 e. The van der Waals surface area contributed by atoms with Crippen LogP contribution in [-0.2, 0) is 30.4 Å². The smallest absolute Gasteiger partial charge is 0.410 e. The average Bonchev–Trinajstić information content (AvgIpc) is 2.93. The second-order valence-electron chi connectivity index (χ2n) is 10.3. The van der Waals surface area contributed by atoms with E-state index in [1.165, 1.54) is 7.11 Å². The van der Waals surface area contributed by atoms with Crippen LogP contribution in [0.2, 0.25) is 0 Å². The SMILES string of the molecule is COC(=O)[C@H](CCC(=O)N1CCN(C(=O)OC(C)(C)C)C(c2ccccc2)C1)NC(=O)OCc1ccccc1. The predicted octanol–water partition coefficient (Wildman–Crippen LogP) is 4.06. The van der Waals surface area contributed by atoms with E-state index in [1.54, 1.807) is 9.80 Å². The van der Waals surface area contributed by atoms with Gasteiger partial charge >= 0.3 is 18.2 Å². The number of alkyl carbamates (subject to hydrolysis) is 1. The molecule has 3 amide bonds. The molecule has 39 heavy (non-hydrogen) atoms. The Hall–Kier alpha value is -4.08. The van der Waals surface area contributed by atoms with Gasteiger partial charge in [0.2, 0.25) is 5.91 Å². The number of rotatable bonds is 8. The van der Waals surface area contributed by atoms with Crippen LogP contribution in [0.4, 0.5) is 9.59 Å². The third kappa shape index (κ3) is 9.01. The molecule has 1 N–H and O–H groups in total. The number of esters is 1. The van der Waals surface area contributed by atoms with Crippen LogP contribution in [-0.4, -0.2) is 72.2 Å². The van der Waals surface area contributed by atoms with Crippen molar-refractivity contribution in [2.45, 2.75) is 57.9 Å². The molecule has 210 valence electrons. The van der Waals surface area contributed by atoms with Gasteiger partial charge in [-0.2, -0.15) is 0 Å². The molecule has 2 atom stereocenters. The zero-order valence-electron chi connectivity index (χ0n) is 22.9. The van der Waals surface area contributed by atoms with Crippen molar-refractivity contribution in [2.75, 3.05) is 26.7 Å². The van der Waals surface area contributed by atoms with Gasteiger partial charge in [-0.3, -0.25) is 9.69 Å². The molecule has 0 bridgehead atoms. The van der Waals surface area contributed by atoms with E-state index in [0.717, 1.165) is 11.1 Å². The molecule has 1 heterocycles. The van der Waals surface area contributed by atoms with E-state index in [4.69, 9.17) is 14.2 Å². The Morgan fingerprint density at radius 3 is 2.23 bits per heavy atom. The molecule has 10 nitrogen and oxygen atoms in total. The molecule has 0 radical (unpaired) electrons. The summed E-state index contributed by atoms with van der Waals surface area (Å²) in [7, 11) is 1.22. The molecule has 2 aromatic carbocycles. The summed E-state index contributed by atoms with van der Waals surface area (Å²) < 4.78 is 15.6. The number of hydrogen-bond donors (Lipinski definition) is 1. The molecule has 10 heteroatoms. The molecule has 0 saturated carbocycles. The van der Waals surface area contributed by atoms with Gasteiger partial charge in [0.1, 0.15) is 18.2 Å². The van der Waals surface area contributed by atoms with Crippen molar-refractivity contribution in [2.24, 2.45) is 0 Å². The maximum atomic E-state index is 13.2. The van der Waals surface area contributed by atoms with Gasteiger partial charge in [0.05, 0.1) is 13.2 Å². The third-order valence-electron chi connectivity index (χ3n) is 6.18. The van der Waals surface area contributed by atoms with Crippen LogP contribution in [0.15, 0.2) is 60.7 Å². The standard InChI is InChI=1S/C29H37N3O7/c1-29(2,3)39-28(36)32-18-17-31(19-24(32)22-13-9-6-10-14-22)25(33)16-15-23(26(34)37-4)30-27(35)38-20-21-11-7-5-8-12-21/h5-14,23-24H,15-20H2,1-4H3,(H,30,35)/t23-,24?/m0/s1. The van der Waals surface area contributed by atoms with Gasteiger partial charge in [0, 0.05) is 26.1 Å². The third-order valence-corrected chi connectivity index (χ3v) is 6.18. The highest BCUT2D eigenvalue weighted by molar-refractivity contribution is 5.83. The second kappa shape index (κ2) is 13.6. The summed E-state index contributed by atoms with van der Waals surface area (Å²) in [4.78, 5) is 54.1. The van der Waals surface area contributed by atoms with Crippen LogP contribution >= 0.6 is 0 Å². The van der Waals surface area contributed by atoms with Crippen LogP contribution in [0.3, 0.4) is 0 Å². The molecular formula is C29H37N3O7. The quantitative estimate of drug-likeness (QED) is 0.398. The van der Waals surface area contributed by atoms with E-state index in [1.807, 2.05) is 81.4 Å². The zero-order chi connectivity index (χ0) is 28.4. The molecule has 2 aromatic rings. The number of nitrogens with zero attached hydrogens (tertiary/aromatic N) is 2. The molecule has 1 saturated heterocycles. The Kier molecular flexibility index (Phi) is 10.3. The number of piperazine rings is 1. The van der Waals surface area contributed by atoms with Crippen molar-refractivity contribution in [3.63, 3.8) is 0 Å². The number of ether oxygens (including phenoxy) is 3. The summed E-state index contributed by atoms with van der Waals surface area (Å²) in [5, 5.41) is 2.50. The zero-order valence-corrected chi connectivity index (χ0v) is 22.9. The van der Waals surface area contributed by atoms with Gasteiger partial charge in [-0.05, 0) is 38.3 Å². The van der Waals surface area contributed by atoms with E-state index in [-0.39, 0.29) is 37.9 Å². The highest BCUT2D eigenvalue weighted by Gasteiger charge is 2.36. The number of carbonyl (C=O) groups excluding carboxylic acids is 4. The number of methoxy groups -OCH3 is 1. The Balaban J connectivity index is 1.61. The van der Waals surface area contributed by atoms with Crippen LogP contribution in [0.25, 0.3) is 0 Å². The number of amides is 3. The summed E-state index contributed by atoms with van der Waals surface area (Å²) >= 11 is 0. The van der Waals surface area contributed by atoms with E-state index in [2.05, 4.69) is 5.32 Å².